The van der Waals surface area contributed by atoms with E-state index in [1.54, 1.807) is 0 Å². The van der Waals surface area contributed by atoms with Gasteiger partial charge >= 0.3 is 11.9 Å². The second-order valence-corrected chi connectivity index (χ2v) is 3.18. The van der Waals surface area contributed by atoms with Crippen molar-refractivity contribution in [3.8, 4) is 0 Å². The summed E-state index contributed by atoms with van der Waals surface area (Å²) in [5.41, 5.74) is 5.24. The average molecular weight is 186 g/mol. The summed E-state index contributed by atoms with van der Waals surface area (Å²) in [4.78, 5) is 22.1. The molecule has 2 atom stereocenters. The number of hydrogen-bond acceptors (Lipinski definition) is 5. The van der Waals surface area contributed by atoms with Crippen molar-refractivity contribution in [2.75, 3.05) is 6.54 Å². The number of rotatable bonds is 2. The molecule has 1 aliphatic heterocycles. The first-order chi connectivity index (χ1) is 6.11. The molecule has 0 saturated carbocycles. The maximum Gasteiger partial charge on any atom is 0.330 e. The van der Waals surface area contributed by atoms with Crippen molar-refractivity contribution in [2.24, 2.45) is 5.73 Å². The van der Waals surface area contributed by atoms with E-state index >= 15 is 0 Å². The standard InChI is InChI=1S/C8H14N2O3/c1-5(9)7(11)13-8(12)6-3-2-4-10-6/h5-6,10H,2-4,9H2,1H3/t5?,6-/m0/s1. The second kappa shape index (κ2) is 4.34. The topological polar surface area (TPSA) is 81.4 Å². The number of hydrogen-bond donors (Lipinski definition) is 2. The zero-order chi connectivity index (χ0) is 9.84. The first kappa shape index (κ1) is 10.1. The molecule has 0 aromatic rings. The van der Waals surface area contributed by atoms with Gasteiger partial charge in [0.15, 0.2) is 0 Å². The highest BCUT2D eigenvalue weighted by molar-refractivity contribution is 5.90. The maximum absolute atomic E-state index is 11.2. The highest BCUT2D eigenvalue weighted by Gasteiger charge is 2.26. The summed E-state index contributed by atoms with van der Waals surface area (Å²) in [5, 5.41) is 2.93. The Balaban J connectivity index is 2.36. The third-order valence-corrected chi connectivity index (χ3v) is 1.92. The van der Waals surface area contributed by atoms with Crippen LogP contribution in [0.3, 0.4) is 0 Å². The SMILES string of the molecule is CC(N)C(=O)OC(=O)[C@@H]1CCCN1. The molecule has 5 heteroatoms. The molecular weight excluding hydrogens is 172 g/mol. The normalized spacial score (nSPS) is 24.0. The molecule has 1 fully saturated rings. The number of ether oxygens (including phenoxy) is 1. The van der Waals surface area contributed by atoms with Gasteiger partial charge in [0.25, 0.3) is 0 Å². The molecule has 0 aromatic carbocycles. The molecule has 5 nitrogen and oxygen atoms in total. The average Bonchev–Trinajstić information content (AvgIpc) is 2.55. The van der Waals surface area contributed by atoms with E-state index < -0.39 is 18.0 Å². The zero-order valence-corrected chi connectivity index (χ0v) is 7.58. The van der Waals surface area contributed by atoms with Crippen molar-refractivity contribution in [2.45, 2.75) is 31.8 Å². The Morgan fingerprint density at radius 3 is 2.77 bits per heavy atom. The van der Waals surface area contributed by atoms with E-state index in [0.29, 0.717) is 0 Å². The molecule has 13 heavy (non-hydrogen) atoms. The van der Waals surface area contributed by atoms with Gasteiger partial charge < -0.3 is 15.8 Å². The van der Waals surface area contributed by atoms with Crippen LogP contribution in [0.4, 0.5) is 0 Å². The Kier molecular flexibility index (Phi) is 3.39. The monoisotopic (exact) mass is 186 g/mol. The summed E-state index contributed by atoms with van der Waals surface area (Å²) < 4.78 is 4.53. The van der Waals surface area contributed by atoms with Crippen LogP contribution in [0.25, 0.3) is 0 Å². The van der Waals surface area contributed by atoms with E-state index in [1.807, 2.05) is 0 Å². The first-order valence-electron chi connectivity index (χ1n) is 4.36. The van der Waals surface area contributed by atoms with Crippen LogP contribution in [0.15, 0.2) is 0 Å². The van der Waals surface area contributed by atoms with E-state index in [0.717, 1.165) is 19.4 Å². The van der Waals surface area contributed by atoms with Gasteiger partial charge in [0.05, 0.1) is 0 Å². The van der Waals surface area contributed by atoms with Gasteiger partial charge in [0.1, 0.15) is 12.1 Å². The quantitative estimate of drug-likeness (QED) is 0.434. The molecule has 3 N–H and O–H groups in total. The number of esters is 2. The molecule has 74 valence electrons. The van der Waals surface area contributed by atoms with Crippen molar-refractivity contribution in [1.82, 2.24) is 5.32 Å². The van der Waals surface area contributed by atoms with Crippen LogP contribution in [0.1, 0.15) is 19.8 Å². The van der Waals surface area contributed by atoms with Gasteiger partial charge in [-0.15, -0.1) is 0 Å². The molecule has 1 aliphatic rings. The van der Waals surface area contributed by atoms with Gasteiger partial charge in [-0.1, -0.05) is 0 Å². The van der Waals surface area contributed by atoms with E-state index in [1.165, 1.54) is 6.92 Å². The number of nitrogens with one attached hydrogen (secondary N) is 1. The molecule has 0 radical (unpaired) electrons. The predicted octanol–water partition coefficient (Wildman–Crippen LogP) is -0.845. The lowest BCUT2D eigenvalue weighted by Gasteiger charge is -2.09. The number of nitrogens with two attached hydrogens (primary N) is 1. The second-order valence-electron chi connectivity index (χ2n) is 3.18. The molecule has 0 aliphatic carbocycles. The fourth-order valence-electron chi connectivity index (χ4n) is 1.15. The van der Waals surface area contributed by atoms with Crippen molar-refractivity contribution in [3.05, 3.63) is 0 Å². The number of carbonyl (C=O) groups excluding carboxylic acids is 2. The van der Waals surface area contributed by atoms with E-state index in [-0.39, 0.29) is 6.04 Å². The third kappa shape index (κ3) is 2.78. The fourth-order valence-corrected chi connectivity index (χ4v) is 1.15. The lowest BCUT2D eigenvalue weighted by molar-refractivity contribution is -0.161. The van der Waals surface area contributed by atoms with Crippen molar-refractivity contribution in [1.29, 1.82) is 0 Å². The molecule has 0 aromatic heterocycles. The van der Waals surface area contributed by atoms with E-state index in [4.69, 9.17) is 5.73 Å². The van der Waals surface area contributed by atoms with Gasteiger partial charge in [-0.2, -0.15) is 0 Å². The predicted molar refractivity (Wildman–Crippen MR) is 45.8 cm³/mol. The summed E-state index contributed by atoms with van der Waals surface area (Å²) in [6.07, 6.45) is 1.66. The first-order valence-corrected chi connectivity index (χ1v) is 4.36. The van der Waals surface area contributed by atoms with Crippen molar-refractivity contribution < 1.29 is 14.3 Å². The van der Waals surface area contributed by atoms with Crippen LogP contribution in [0.5, 0.6) is 0 Å². The van der Waals surface area contributed by atoms with Crippen LogP contribution >= 0.6 is 0 Å². The molecule has 1 unspecified atom stereocenters. The Bertz CT molecular complexity index is 209. The lowest BCUT2D eigenvalue weighted by atomic mass is 10.2. The molecule has 1 saturated heterocycles. The van der Waals surface area contributed by atoms with Crippen molar-refractivity contribution >= 4 is 11.9 Å². The van der Waals surface area contributed by atoms with Gasteiger partial charge in [-0.25, -0.2) is 9.59 Å². The Morgan fingerprint density at radius 1 is 1.62 bits per heavy atom. The molecule has 0 amide bonds. The number of carbonyl (C=O) groups is 2. The van der Waals surface area contributed by atoms with E-state index in [2.05, 4.69) is 10.1 Å². The van der Waals surface area contributed by atoms with Gasteiger partial charge in [-0.3, -0.25) is 0 Å². The van der Waals surface area contributed by atoms with Crippen LogP contribution in [-0.2, 0) is 14.3 Å². The Morgan fingerprint density at radius 2 is 2.31 bits per heavy atom. The van der Waals surface area contributed by atoms with Crippen LogP contribution in [0, 0.1) is 0 Å². The van der Waals surface area contributed by atoms with Gasteiger partial charge in [-0.05, 0) is 26.3 Å². The minimum absolute atomic E-state index is 0.331. The minimum Gasteiger partial charge on any atom is -0.391 e. The molecule has 0 bridgehead atoms. The zero-order valence-electron chi connectivity index (χ0n) is 7.58. The highest BCUT2D eigenvalue weighted by atomic mass is 16.6. The van der Waals surface area contributed by atoms with Gasteiger partial charge in [0.2, 0.25) is 0 Å². The Labute approximate surface area is 76.6 Å². The van der Waals surface area contributed by atoms with Crippen molar-refractivity contribution in [3.63, 3.8) is 0 Å². The summed E-state index contributed by atoms with van der Waals surface area (Å²) >= 11 is 0. The largest absolute Gasteiger partial charge is 0.391 e. The summed E-state index contributed by atoms with van der Waals surface area (Å²) in [5.74, 6) is -1.18. The van der Waals surface area contributed by atoms with Gasteiger partial charge in [0, 0.05) is 0 Å². The molecule has 0 spiro atoms. The maximum atomic E-state index is 11.2. The Hall–Kier alpha value is -0.940. The molecule has 1 rings (SSSR count). The van der Waals surface area contributed by atoms with Crippen LogP contribution in [0.2, 0.25) is 0 Å². The highest BCUT2D eigenvalue weighted by Crippen LogP contribution is 2.06. The molecule has 1 heterocycles. The summed E-state index contributed by atoms with van der Waals surface area (Å²) in [6, 6.07) is -1.08. The minimum atomic E-state index is -0.745. The smallest absolute Gasteiger partial charge is 0.330 e. The van der Waals surface area contributed by atoms with E-state index in [9.17, 15) is 9.59 Å². The summed E-state index contributed by atoms with van der Waals surface area (Å²) in [6.45, 7) is 2.28. The molecular formula is C8H14N2O3. The fraction of sp³-hybridized carbons (Fsp3) is 0.750. The third-order valence-electron chi connectivity index (χ3n) is 1.92. The van der Waals surface area contributed by atoms with Crippen LogP contribution in [-0.4, -0.2) is 30.6 Å². The van der Waals surface area contributed by atoms with Crippen LogP contribution < -0.4 is 11.1 Å². The summed E-state index contributed by atoms with van der Waals surface area (Å²) in [7, 11) is 0. The lowest BCUT2D eigenvalue weighted by Crippen LogP contribution is -2.38.